The molecule has 0 aromatic rings. The van der Waals surface area contributed by atoms with Crippen LogP contribution < -0.4 is 0 Å². The highest BCUT2D eigenvalue weighted by molar-refractivity contribution is 5.98. The van der Waals surface area contributed by atoms with Crippen LogP contribution in [0.3, 0.4) is 0 Å². The summed E-state index contributed by atoms with van der Waals surface area (Å²) in [5.74, 6) is -2.58. The SMILES string of the molecule is C=CCOC(=O)[C@@H]1[C@@H]2CCC3(O2)C(C(=O)N(CC=C)CCCCC)N([C@@H](CO)[C@@H](C)CC)C(=O)[C@H]13. The maximum absolute atomic E-state index is 14.2. The minimum atomic E-state index is -1.10. The van der Waals surface area contributed by atoms with E-state index in [9.17, 15) is 19.5 Å². The van der Waals surface area contributed by atoms with Crippen LogP contribution in [0.1, 0.15) is 59.3 Å². The van der Waals surface area contributed by atoms with Crippen molar-refractivity contribution < 1.29 is 29.0 Å². The van der Waals surface area contributed by atoms with Crippen molar-refractivity contribution in [2.24, 2.45) is 17.8 Å². The van der Waals surface area contributed by atoms with Gasteiger partial charge in [-0.15, -0.1) is 6.58 Å². The number of aliphatic hydroxyl groups is 1. The number of ether oxygens (including phenoxy) is 2. The number of carbonyl (C=O) groups is 3. The third kappa shape index (κ3) is 4.79. The van der Waals surface area contributed by atoms with E-state index in [0.717, 1.165) is 25.7 Å². The lowest BCUT2D eigenvalue weighted by atomic mass is 9.70. The summed E-state index contributed by atoms with van der Waals surface area (Å²) in [6.45, 7) is 14.2. The largest absolute Gasteiger partial charge is 0.461 e. The van der Waals surface area contributed by atoms with Gasteiger partial charge in [0.1, 0.15) is 18.2 Å². The van der Waals surface area contributed by atoms with Crippen LogP contribution in [-0.4, -0.2) is 82.8 Å². The molecule has 2 bridgehead atoms. The highest BCUT2D eigenvalue weighted by atomic mass is 16.6. The Morgan fingerprint density at radius 3 is 2.66 bits per heavy atom. The second-order valence-electron chi connectivity index (χ2n) is 10.1. The van der Waals surface area contributed by atoms with Gasteiger partial charge in [0.25, 0.3) is 0 Å². The van der Waals surface area contributed by atoms with E-state index in [4.69, 9.17) is 9.47 Å². The van der Waals surface area contributed by atoms with Crippen LogP contribution in [0.4, 0.5) is 0 Å². The van der Waals surface area contributed by atoms with Crippen molar-refractivity contribution in [2.75, 3.05) is 26.3 Å². The first kappa shape index (κ1) is 27.4. The number of amides is 2. The van der Waals surface area contributed by atoms with Gasteiger partial charge in [0.2, 0.25) is 11.8 Å². The monoisotopic (exact) mass is 490 g/mol. The highest BCUT2D eigenvalue weighted by Gasteiger charge is 2.75. The summed E-state index contributed by atoms with van der Waals surface area (Å²) >= 11 is 0. The number of hydrogen-bond donors (Lipinski definition) is 1. The van der Waals surface area contributed by atoms with E-state index < -0.39 is 41.6 Å². The molecular weight excluding hydrogens is 448 g/mol. The normalized spacial score (nSPS) is 30.6. The molecule has 3 rings (SSSR count). The lowest BCUT2D eigenvalue weighted by Gasteiger charge is -2.41. The number of unbranched alkanes of at least 4 members (excludes halogenated alkanes) is 2. The van der Waals surface area contributed by atoms with E-state index in [-0.39, 0.29) is 30.9 Å². The van der Waals surface area contributed by atoms with Gasteiger partial charge in [0, 0.05) is 13.1 Å². The van der Waals surface area contributed by atoms with E-state index in [1.165, 1.54) is 6.08 Å². The molecule has 8 heteroatoms. The van der Waals surface area contributed by atoms with Crippen molar-refractivity contribution in [2.45, 2.75) is 83.1 Å². The molecule has 3 aliphatic heterocycles. The maximum Gasteiger partial charge on any atom is 0.312 e. The Hall–Kier alpha value is -2.19. The lowest BCUT2D eigenvalue weighted by molar-refractivity contribution is -0.156. The van der Waals surface area contributed by atoms with Crippen molar-refractivity contribution in [1.29, 1.82) is 0 Å². The number of fused-ring (bicyclic) bond motifs is 1. The molecule has 2 amide bonds. The molecule has 1 spiro atoms. The van der Waals surface area contributed by atoms with Gasteiger partial charge in [-0.25, -0.2) is 0 Å². The van der Waals surface area contributed by atoms with Crippen molar-refractivity contribution in [3.63, 3.8) is 0 Å². The third-order valence-corrected chi connectivity index (χ3v) is 8.13. The molecule has 0 aromatic heterocycles. The first-order valence-corrected chi connectivity index (χ1v) is 13.1. The molecule has 2 unspecified atom stereocenters. The quantitative estimate of drug-likeness (QED) is 0.229. The predicted molar refractivity (Wildman–Crippen MR) is 132 cm³/mol. The Labute approximate surface area is 209 Å². The summed E-state index contributed by atoms with van der Waals surface area (Å²) in [7, 11) is 0. The average molecular weight is 491 g/mol. The summed E-state index contributed by atoms with van der Waals surface area (Å²) in [6, 6.07) is -1.44. The van der Waals surface area contributed by atoms with Crippen molar-refractivity contribution in [3.05, 3.63) is 25.3 Å². The molecule has 1 N–H and O–H groups in total. The Bertz CT molecular complexity index is 815. The van der Waals surface area contributed by atoms with Gasteiger partial charge < -0.3 is 24.4 Å². The van der Waals surface area contributed by atoms with E-state index in [2.05, 4.69) is 20.1 Å². The first-order valence-electron chi connectivity index (χ1n) is 13.1. The third-order valence-electron chi connectivity index (χ3n) is 8.13. The Balaban J connectivity index is 2.05. The fourth-order valence-electron chi connectivity index (χ4n) is 6.22. The zero-order chi connectivity index (χ0) is 25.8. The Kier molecular flexibility index (Phi) is 9.16. The Morgan fingerprint density at radius 1 is 1.31 bits per heavy atom. The van der Waals surface area contributed by atoms with Gasteiger partial charge in [-0.05, 0) is 25.2 Å². The van der Waals surface area contributed by atoms with Gasteiger partial charge >= 0.3 is 5.97 Å². The highest BCUT2D eigenvalue weighted by Crippen LogP contribution is 2.59. The van der Waals surface area contributed by atoms with Gasteiger partial charge in [-0.1, -0.05) is 58.8 Å². The average Bonchev–Trinajstić information content (AvgIpc) is 3.50. The molecule has 3 heterocycles. The van der Waals surface area contributed by atoms with Crippen molar-refractivity contribution >= 4 is 17.8 Å². The molecule has 3 saturated heterocycles. The van der Waals surface area contributed by atoms with E-state index >= 15 is 0 Å². The minimum absolute atomic E-state index is 0.0363. The van der Waals surface area contributed by atoms with Crippen LogP contribution in [-0.2, 0) is 23.9 Å². The van der Waals surface area contributed by atoms with Gasteiger partial charge in [-0.3, -0.25) is 14.4 Å². The summed E-state index contributed by atoms with van der Waals surface area (Å²) in [5.41, 5.74) is -1.10. The summed E-state index contributed by atoms with van der Waals surface area (Å²) in [6.07, 6.45) is 7.42. The van der Waals surface area contributed by atoms with Crippen LogP contribution in [0.5, 0.6) is 0 Å². The zero-order valence-corrected chi connectivity index (χ0v) is 21.5. The number of rotatable bonds is 14. The van der Waals surface area contributed by atoms with Crippen LogP contribution in [0.2, 0.25) is 0 Å². The van der Waals surface area contributed by atoms with E-state index in [1.807, 2.05) is 13.8 Å². The number of likely N-dealkylation sites (tertiary alicyclic amines) is 1. The minimum Gasteiger partial charge on any atom is -0.461 e. The van der Waals surface area contributed by atoms with Crippen LogP contribution >= 0.6 is 0 Å². The van der Waals surface area contributed by atoms with Crippen molar-refractivity contribution in [1.82, 2.24) is 9.80 Å². The molecular formula is C27H42N2O6. The van der Waals surface area contributed by atoms with Crippen molar-refractivity contribution in [3.8, 4) is 0 Å². The first-order chi connectivity index (χ1) is 16.8. The molecule has 3 fully saturated rings. The Morgan fingerprint density at radius 2 is 2.06 bits per heavy atom. The number of carbonyl (C=O) groups excluding carboxylic acids is 3. The number of nitrogens with zero attached hydrogens (tertiary/aromatic N) is 2. The standard InChI is InChI=1S/C27H42N2O6/c1-6-10-11-15-28(14-7-2)25(32)23-27-13-12-20(35-27)21(26(33)34-16-8-3)22(27)24(31)29(23)19(17-30)18(5)9-4/h7-8,18-23,30H,2-3,6,9-17H2,1,4-5H3/t18-,19-,20-,21+,22-,23?,27?/m0/s1. The summed E-state index contributed by atoms with van der Waals surface area (Å²) in [5, 5.41) is 10.4. The molecule has 0 radical (unpaired) electrons. The second-order valence-corrected chi connectivity index (χ2v) is 10.1. The molecule has 7 atom stereocenters. The van der Waals surface area contributed by atoms with E-state index in [1.54, 1.807) is 15.9 Å². The van der Waals surface area contributed by atoms with Gasteiger partial charge in [0.05, 0.1) is 30.6 Å². The molecule has 8 nitrogen and oxygen atoms in total. The van der Waals surface area contributed by atoms with Crippen LogP contribution in [0.15, 0.2) is 25.3 Å². The number of aliphatic hydroxyl groups excluding tert-OH is 1. The molecule has 0 aliphatic carbocycles. The number of hydrogen-bond acceptors (Lipinski definition) is 6. The van der Waals surface area contributed by atoms with Gasteiger partial charge in [0.15, 0.2) is 0 Å². The number of esters is 1. The topological polar surface area (TPSA) is 96.4 Å². The van der Waals surface area contributed by atoms with E-state index in [0.29, 0.717) is 25.9 Å². The molecule has 0 saturated carbocycles. The molecule has 3 aliphatic rings. The molecule has 35 heavy (non-hydrogen) atoms. The zero-order valence-electron chi connectivity index (χ0n) is 21.5. The summed E-state index contributed by atoms with van der Waals surface area (Å²) in [4.78, 5) is 44.6. The second kappa shape index (κ2) is 11.7. The fourth-order valence-corrected chi connectivity index (χ4v) is 6.22. The molecule has 0 aromatic carbocycles. The fraction of sp³-hybridized carbons (Fsp3) is 0.741. The molecule has 196 valence electrons. The summed E-state index contributed by atoms with van der Waals surface area (Å²) < 4.78 is 11.8. The van der Waals surface area contributed by atoms with Crippen LogP contribution in [0, 0.1) is 17.8 Å². The lowest BCUT2D eigenvalue weighted by Crippen LogP contribution is -2.59. The predicted octanol–water partition coefficient (Wildman–Crippen LogP) is 2.70. The van der Waals surface area contributed by atoms with Crippen LogP contribution in [0.25, 0.3) is 0 Å². The maximum atomic E-state index is 14.2. The van der Waals surface area contributed by atoms with Gasteiger partial charge in [-0.2, -0.15) is 0 Å². The smallest absolute Gasteiger partial charge is 0.312 e.